The molecule has 1 aliphatic heterocycles. The van der Waals surface area contributed by atoms with Gasteiger partial charge in [-0.1, -0.05) is 6.07 Å². The number of aromatic nitrogens is 1. The van der Waals surface area contributed by atoms with Crippen molar-refractivity contribution >= 4 is 42.4 Å². The maximum Gasteiger partial charge on any atom is 0.257 e. The molecule has 1 aliphatic rings. The van der Waals surface area contributed by atoms with Crippen LogP contribution in [0, 0.1) is 12.8 Å². The highest BCUT2D eigenvalue weighted by Crippen LogP contribution is 2.21. The number of pyridine rings is 1. The lowest BCUT2D eigenvalue weighted by molar-refractivity contribution is -0.121. The summed E-state index contributed by atoms with van der Waals surface area (Å²) in [7, 11) is 0. The molecule has 2 aromatic heterocycles. The SMILES string of the molecule is Cc1ccc(NC(=O)C2CCCN(C(=O)c3coc(CN)c3)C2)nc1.Cl.Cl. The summed E-state index contributed by atoms with van der Waals surface area (Å²) in [5.74, 6) is 0.612. The molecule has 0 spiro atoms. The van der Waals surface area contributed by atoms with Crippen LogP contribution in [0.25, 0.3) is 0 Å². The maximum absolute atomic E-state index is 12.6. The summed E-state index contributed by atoms with van der Waals surface area (Å²) in [4.78, 5) is 30.9. The smallest absolute Gasteiger partial charge is 0.257 e. The number of hydrogen-bond acceptors (Lipinski definition) is 5. The van der Waals surface area contributed by atoms with Gasteiger partial charge < -0.3 is 20.4 Å². The van der Waals surface area contributed by atoms with E-state index in [9.17, 15) is 9.59 Å². The Bertz CT molecular complexity index is 764. The molecule has 2 aromatic rings. The Labute approximate surface area is 170 Å². The highest BCUT2D eigenvalue weighted by molar-refractivity contribution is 5.96. The van der Waals surface area contributed by atoms with E-state index in [1.54, 1.807) is 23.2 Å². The summed E-state index contributed by atoms with van der Waals surface area (Å²) in [6, 6.07) is 5.33. The molecule has 9 heteroatoms. The summed E-state index contributed by atoms with van der Waals surface area (Å²) in [5, 5.41) is 2.83. The summed E-state index contributed by atoms with van der Waals surface area (Å²) < 4.78 is 5.23. The van der Waals surface area contributed by atoms with E-state index < -0.39 is 0 Å². The molecule has 0 bridgehead atoms. The van der Waals surface area contributed by atoms with E-state index in [1.165, 1.54) is 6.26 Å². The van der Waals surface area contributed by atoms with Gasteiger partial charge in [-0.05, 0) is 37.5 Å². The van der Waals surface area contributed by atoms with E-state index in [1.807, 2.05) is 13.0 Å². The first-order chi connectivity index (χ1) is 12.1. The molecule has 27 heavy (non-hydrogen) atoms. The van der Waals surface area contributed by atoms with Crippen molar-refractivity contribution in [3.8, 4) is 0 Å². The van der Waals surface area contributed by atoms with Crippen molar-refractivity contribution in [1.29, 1.82) is 0 Å². The number of hydrogen-bond donors (Lipinski definition) is 2. The lowest BCUT2D eigenvalue weighted by Gasteiger charge is -2.31. The minimum Gasteiger partial charge on any atom is -0.467 e. The number of piperidine rings is 1. The van der Waals surface area contributed by atoms with Gasteiger partial charge in [-0.3, -0.25) is 9.59 Å². The molecule has 0 radical (unpaired) electrons. The number of likely N-dealkylation sites (tertiary alicyclic amines) is 1. The Morgan fingerprint density at radius 1 is 1.37 bits per heavy atom. The number of nitrogens with one attached hydrogen (secondary N) is 1. The predicted molar refractivity (Wildman–Crippen MR) is 107 cm³/mol. The second-order valence-electron chi connectivity index (χ2n) is 6.31. The number of aryl methyl sites for hydroxylation is 1. The van der Waals surface area contributed by atoms with Crippen molar-refractivity contribution in [3.63, 3.8) is 0 Å². The van der Waals surface area contributed by atoms with Gasteiger partial charge in [0.2, 0.25) is 5.91 Å². The topological polar surface area (TPSA) is 101 Å². The third-order valence-electron chi connectivity index (χ3n) is 4.34. The quantitative estimate of drug-likeness (QED) is 0.800. The minimum atomic E-state index is -0.248. The van der Waals surface area contributed by atoms with E-state index in [0.717, 1.165) is 18.4 Å². The van der Waals surface area contributed by atoms with Crippen molar-refractivity contribution < 1.29 is 14.0 Å². The zero-order valence-electron chi connectivity index (χ0n) is 15.0. The summed E-state index contributed by atoms with van der Waals surface area (Å²) >= 11 is 0. The van der Waals surface area contributed by atoms with Crippen LogP contribution in [0.1, 0.15) is 34.5 Å². The van der Waals surface area contributed by atoms with Crippen LogP contribution in [-0.2, 0) is 11.3 Å². The third kappa shape index (κ3) is 5.69. The third-order valence-corrected chi connectivity index (χ3v) is 4.34. The van der Waals surface area contributed by atoms with Gasteiger partial charge in [0.1, 0.15) is 17.8 Å². The molecule has 0 aromatic carbocycles. The van der Waals surface area contributed by atoms with E-state index in [0.29, 0.717) is 30.2 Å². The Morgan fingerprint density at radius 2 is 2.15 bits per heavy atom. The zero-order chi connectivity index (χ0) is 17.8. The molecule has 1 saturated heterocycles. The number of nitrogens with zero attached hydrogens (tertiary/aromatic N) is 2. The number of anilines is 1. The first-order valence-electron chi connectivity index (χ1n) is 8.37. The zero-order valence-corrected chi connectivity index (χ0v) is 16.6. The number of furan rings is 1. The van der Waals surface area contributed by atoms with E-state index >= 15 is 0 Å². The number of halogens is 2. The molecule has 1 atom stereocenters. The van der Waals surface area contributed by atoms with Gasteiger partial charge in [-0.25, -0.2) is 4.98 Å². The van der Waals surface area contributed by atoms with Gasteiger partial charge in [0.15, 0.2) is 0 Å². The van der Waals surface area contributed by atoms with Crippen LogP contribution in [0.15, 0.2) is 35.1 Å². The first-order valence-corrected chi connectivity index (χ1v) is 8.37. The molecule has 7 nitrogen and oxygen atoms in total. The largest absolute Gasteiger partial charge is 0.467 e. The highest BCUT2D eigenvalue weighted by Gasteiger charge is 2.29. The minimum absolute atomic E-state index is 0. The average Bonchev–Trinajstić information content (AvgIpc) is 3.12. The summed E-state index contributed by atoms with van der Waals surface area (Å²) in [6.45, 7) is 3.21. The van der Waals surface area contributed by atoms with Crippen LogP contribution in [0.5, 0.6) is 0 Å². The van der Waals surface area contributed by atoms with Crippen LogP contribution in [-0.4, -0.2) is 34.8 Å². The molecule has 1 unspecified atom stereocenters. The van der Waals surface area contributed by atoms with Crippen LogP contribution < -0.4 is 11.1 Å². The lowest BCUT2D eigenvalue weighted by atomic mass is 9.96. The molecular weight excluding hydrogens is 391 g/mol. The molecule has 3 rings (SSSR count). The van der Waals surface area contributed by atoms with Gasteiger partial charge in [0.25, 0.3) is 5.91 Å². The number of rotatable bonds is 4. The average molecular weight is 415 g/mol. The fourth-order valence-electron chi connectivity index (χ4n) is 2.93. The predicted octanol–water partition coefficient (Wildman–Crippen LogP) is 2.78. The Kier molecular flexibility index (Phi) is 8.75. The molecule has 3 heterocycles. The fourth-order valence-corrected chi connectivity index (χ4v) is 2.93. The van der Waals surface area contributed by atoms with E-state index in [4.69, 9.17) is 10.2 Å². The van der Waals surface area contributed by atoms with Gasteiger partial charge >= 0.3 is 0 Å². The van der Waals surface area contributed by atoms with Crippen molar-refractivity contribution in [1.82, 2.24) is 9.88 Å². The first kappa shape index (κ1) is 23.0. The molecule has 1 fully saturated rings. The highest BCUT2D eigenvalue weighted by atomic mass is 35.5. The van der Waals surface area contributed by atoms with Gasteiger partial charge in [-0.15, -0.1) is 24.8 Å². The Balaban J connectivity index is 0.00000182. The Morgan fingerprint density at radius 3 is 2.78 bits per heavy atom. The molecule has 0 saturated carbocycles. The Hall–Kier alpha value is -2.09. The standard InChI is InChI=1S/C18H22N4O3.2ClH/c1-12-4-5-16(20-9-12)21-17(23)13-3-2-6-22(10-13)18(24)14-7-15(8-19)25-11-14;;/h4-5,7,9,11,13H,2-3,6,8,10,19H2,1H3,(H,20,21,23);2*1H. The van der Waals surface area contributed by atoms with Gasteiger partial charge in [0, 0.05) is 19.3 Å². The normalized spacial score (nSPS) is 16.1. The monoisotopic (exact) mass is 414 g/mol. The molecule has 3 N–H and O–H groups in total. The van der Waals surface area contributed by atoms with Gasteiger partial charge in [-0.2, -0.15) is 0 Å². The maximum atomic E-state index is 12.6. The molecule has 0 aliphatic carbocycles. The van der Waals surface area contributed by atoms with E-state index in [-0.39, 0.29) is 49.1 Å². The van der Waals surface area contributed by atoms with Crippen molar-refractivity contribution in [2.24, 2.45) is 11.7 Å². The number of amides is 2. The van der Waals surface area contributed by atoms with Crippen LogP contribution in [0.3, 0.4) is 0 Å². The van der Waals surface area contributed by atoms with E-state index in [2.05, 4.69) is 10.3 Å². The fraction of sp³-hybridized carbons (Fsp3) is 0.389. The number of nitrogens with two attached hydrogens (primary N) is 1. The van der Waals surface area contributed by atoms with Crippen molar-refractivity contribution in [3.05, 3.63) is 47.5 Å². The lowest BCUT2D eigenvalue weighted by Crippen LogP contribution is -2.43. The number of carbonyl (C=O) groups is 2. The number of carbonyl (C=O) groups excluding carboxylic acids is 2. The molecule has 148 valence electrons. The second-order valence-corrected chi connectivity index (χ2v) is 6.31. The van der Waals surface area contributed by atoms with Crippen LogP contribution in [0.2, 0.25) is 0 Å². The van der Waals surface area contributed by atoms with Gasteiger partial charge in [0.05, 0.1) is 18.0 Å². The van der Waals surface area contributed by atoms with Crippen molar-refractivity contribution in [2.45, 2.75) is 26.3 Å². The van der Waals surface area contributed by atoms with Crippen molar-refractivity contribution in [2.75, 3.05) is 18.4 Å². The molecular formula is C18H24Cl2N4O3. The van der Waals surface area contributed by atoms with Crippen LogP contribution in [0.4, 0.5) is 5.82 Å². The van der Waals surface area contributed by atoms with Crippen LogP contribution >= 0.6 is 24.8 Å². The molecule has 2 amide bonds. The summed E-state index contributed by atoms with van der Waals surface area (Å²) in [5.41, 5.74) is 7.01. The second kappa shape index (κ2) is 10.3. The summed E-state index contributed by atoms with van der Waals surface area (Å²) in [6.07, 6.45) is 4.67.